The highest BCUT2D eigenvalue weighted by Gasteiger charge is 2.36. The minimum Gasteiger partial charge on any atom is -0.0651 e. The Morgan fingerprint density at radius 2 is 1.56 bits per heavy atom. The third-order valence-electron chi connectivity index (χ3n) is 4.57. The first-order valence-electron chi connectivity index (χ1n) is 7.56. The Kier molecular flexibility index (Phi) is 5.86. The zero-order valence-electron chi connectivity index (χ0n) is 12.1. The summed E-state index contributed by atoms with van der Waals surface area (Å²) >= 11 is 0. The van der Waals surface area contributed by atoms with Gasteiger partial charge in [-0.1, -0.05) is 60.3 Å². The van der Waals surface area contributed by atoms with E-state index >= 15 is 0 Å². The molecular weight excluding hydrogens is 192 g/mol. The Morgan fingerprint density at radius 3 is 2.00 bits per heavy atom. The van der Waals surface area contributed by atoms with E-state index in [1.807, 2.05) is 0 Å². The molecule has 0 aromatic rings. The minimum atomic E-state index is 0.884. The fourth-order valence-electron chi connectivity index (χ4n) is 3.28. The van der Waals surface area contributed by atoms with E-state index in [0.717, 1.165) is 29.6 Å². The second-order valence-electron chi connectivity index (χ2n) is 6.60. The van der Waals surface area contributed by atoms with Crippen LogP contribution in [0.15, 0.2) is 0 Å². The van der Waals surface area contributed by atoms with Gasteiger partial charge in [-0.15, -0.1) is 0 Å². The van der Waals surface area contributed by atoms with Crippen molar-refractivity contribution in [1.29, 1.82) is 0 Å². The maximum atomic E-state index is 2.51. The Bertz CT molecular complexity index is 178. The second kappa shape index (κ2) is 6.67. The predicted molar refractivity (Wildman–Crippen MR) is 73.5 cm³/mol. The van der Waals surface area contributed by atoms with Gasteiger partial charge in [-0.2, -0.15) is 0 Å². The van der Waals surface area contributed by atoms with Gasteiger partial charge in [-0.3, -0.25) is 0 Å². The molecule has 0 heterocycles. The lowest BCUT2D eigenvalue weighted by Crippen LogP contribution is -2.21. The van der Waals surface area contributed by atoms with Gasteiger partial charge in [0.1, 0.15) is 0 Å². The summed E-state index contributed by atoms with van der Waals surface area (Å²) in [7, 11) is 0. The molecule has 0 heteroatoms. The van der Waals surface area contributed by atoms with E-state index in [1.54, 1.807) is 0 Å². The van der Waals surface area contributed by atoms with Gasteiger partial charge in [0.15, 0.2) is 0 Å². The summed E-state index contributed by atoms with van der Waals surface area (Å²) in [5.41, 5.74) is 0. The second-order valence-corrected chi connectivity index (χ2v) is 6.60. The van der Waals surface area contributed by atoms with Crippen molar-refractivity contribution >= 4 is 0 Å². The summed E-state index contributed by atoms with van der Waals surface area (Å²) in [4.78, 5) is 0. The topological polar surface area (TPSA) is 0 Å². The molecule has 0 bridgehead atoms. The van der Waals surface area contributed by atoms with Crippen LogP contribution < -0.4 is 0 Å². The minimum absolute atomic E-state index is 0.884. The van der Waals surface area contributed by atoms with Crippen LogP contribution in [0.3, 0.4) is 0 Å². The molecular formula is C16H32. The fraction of sp³-hybridized carbons (Fsp3) is 1.00. The molecule has 1 aliphatic rings. The molecule has 0 aliphatic heterocycles. The monoisotopic (exact) mass is 224 g/mol. The Labute approximate surface area is 103 Å². The highest BCUT2D eigenvalue weighted by Crippen LogP contribution is 2.46. The van der Waals surface area contributed by atoms with E-state index in [4.69, 9.17) is 0 Å². The molecule has 96 valence electrons. The summed E-state index contributed by atoms with van der Waals surface area (Å²) in [6, 6.07) is 0. The van der Waals surface area contributed by atoms with Gasteiger partial charge in [0.2, 0.25) is 0 Å². The van der Waals surface area contributed by atoms with Crippen LogP contribution in [0.1, 0.15) is 73.1 Å². The van der Waals surface area contributed by atoms with Crippen molar-refractivity contribution in [3.8, 4) is 0 Å². The SMILES string of the molecule is CCC(C)C(C(C)CCCC(C)C)C1CC1. The lowest BCUT2D eigenvalue weighted by Gasteiger charge is -2.29. The number of hydrogen-bond acceptors (Lipinski definition) is 0. The van der Waals surface area contributed by atoms with Crippen LogP contribution >= 0.6 is 0 Å². The average Bonchev–Trinajstić information content (AvgIpc) is 3.01. The smallest absolute Gasteiger partial charge is 0.0334 e. The molecule has 1 aliphatic carbocycles. The van der Waals surface area contributed by atoms with Crippen molar-refractivity contribution < 1.29 is 0 Å². The molecule has 0 amide bonds. The van der Waals surface area contributed by atoms with Crippen molar-refractivity contribution in [2.75, 3.05) is 0 Å². The standard InChI is InChI=1S/C16H32/c1-6-13(4)16(15-10-11-15)14(5)9-7-8-12(2)3/h12-16H,6-11H2,1-5H3. The number of rotatable bonds is 8. The first-order chi connectivity index (χ1) is 7.56. The van der Waals surface area contributed by atoms with Crippen LogP contribution in [0, 0.1) is 29.6 Å². The van der Waals surface area contributed by atoms with E-state index in [-0.39, 0.29) is 0 Å². The van der Waals surface area contributed by atoms with Crippen LogP contribution in [-0.2, 0) is 0 Å². The van der Waals surface area contributed by atoms with Gasteiger partial charge in [-0.25, -0.2) is 0 Å². The quantitative estimate of drug-likeness (QED) is 0.509. The molecule has 16 heavy (non-hydrogen) atoms. The molecule has 1 saturated carbocycles. The summed E-state index contributed by atoms with van der Waals surface area (Å²) in [6.45, 7) is 12.0. The molecule has 3 atom stereocenters. The van der Waals surface area contributed by atoms with Gasteiger partial charge < -0.3 is 0 Å². The summed E-state index contributed by atoms with van der Waals surface area (Å²) < 4.78 is 0. The molecule has 0 N–H and O–H groups in total. The van der Waals surface area contributed by atoms with E-state index < -0.39 is 0 Å². The van der Waals surface area contributed by atoms with Crippen LogP contribution in [0.25, 0.3) is 0 Å². The molecule has 3 unspecified atom stereocenters. The van der Waals surface area contributed by atoms with Crippen molar-refractivity contribution in [3.63, 3.8) is 0 Å². The predicted octanol–water partition coefficient (Wildman–Crippen LogP) is 5.52. The number of hydrogen-bond donors (Lipinski definition) is 0. The summed E-state index contributed by atoms with van der Waals surface area (Å²) in [5.74, 6) is 4.90. The van der Waals surface area contributed by atoms with E-state index in [9.17, 15) is 0 Å². The highest BCUT2D eigenvalue weighted by molar-refractivity contribution is 4.86. The van der Waals surface area contributed by atoms with Gasteiger partial charge in [-0.05, 0) is 42.4 Å². The molecule has 0 saturated heterocycles. The normalized spacial score (nSPS) is 22.1. The molecule has 0 aromatic carbocycles. The zero-order chi connectivity index (χ0) is 12.1. The summed E-state index contributed by atoms with van der Waals surface area (Å²) in [6.07, 6.45) is 8.73. The fourth-order valence-corrected chi connectivity index (χ4v) is 3.28. The van der Waals surface area contributed by atoms with Crippen molar-refractivity contribution in [3.05, 3.63) is 0 Å². The van der Waals surface area contributed by atoms with Crippen LogP contribution in [0.4, 0.5) is 0 Å². The van der Waals surface area contributed by atoms with E-state index in [1.165, 1.54) is 38.5 Å². The van der Waals surface area contributed by atoms with Gasteiger partial charge in [0.05, 0.1) is 0 Å². The third-order valence-corrected chi connectivity index (χ3v) is 4.57. The molecule has 1 rings (SSSR count). The van der Waals surface area contributed by atoms with Crippen molar-refractivity contribution in [1.82, 2.24) is 0 Å². The van der Waals surface area contributed by atoms with Crippen molar-refractivity contribution in [2.24, 2.45) is 29.6 Å². The lowest BCUT2D eigenvalue weighted by molar-refractivity contribution is 0.202. The largest absolute Gasteiger partial charge is 0.0651 e. The average molecular weight is 224 g/mol. The van der Waals surface area contributed by atoms with Crippen LogP contribution in [0.2, 0.25) is 0 Å². The first-order valence-corrected chi connectivity index (χ1v) is 7.56. The maximum absolute atomic E-state index is 2.51. The van der Waals surface area contributed by atoms with Crippen LogP contribution in [-0.4, -0.2) is 0 Å². The van der Waals surface area contributed by atoms with Gasteiger partial charge >= 0.3 is 0 Å². The maximum Gasteiger partial charge on any atom is -0.0334 e. The molecule has 0 nitrogen and oxygen atoms in total. The van der Waals surface area contributed by atoms with E-state index in [2.05, 4.69) is 34.6 Å². The first kappa shape index (κ1) is 14.1. The molecule has 1 fully saturated rings. The van der Waals surface area contributed by atoms with Gasteiger partial charge in [0.25, 0.3) is 0 Å². The lowest BCUT2D eigenvalue weighted by atomic mass is 9.76. The molecule has 0 spiro atoms. The third kappa shape index (κ3) is 4.47. The highest BCUT2D eigenvalue weighted by atomic mass is 14.4. The summed E-state index contributed by atoms with van der Waals surface area (Å²) in [5, 5.41) is 0. The molecule has 0 radical (unpaired) electrons. The molecule has 0 aromatic heterocycles. The Morgan fingerprint density at radius 1 is 0.938 bits per heavy atom. The Hall–Kier alpha value is 0. The van der Waals surface area contributed by atoms with Gasteiger partial charge in [0, 0.05) is 0 Å². The zero-order valence-corrected chi connectivity index (χ0v) is 12.1. The van der Waals surface area contributed by atoms with Crippen LogP contribution in [0.5, 0.6) is 0 Å². The Balaban J connectivity index is 2.32. The van der Waals surface area contributed by atoms with Crippen molar-refractivity contribution in [2.45, 2.75) is 73.1 Å². The van der Waals surface area contributed by atoms with E-state index in [0.29, 0.717) is 0 Å².